The highest BCUT2D eigenvalue weighted by Gasteiger charge is 2.31. The zero-order valence-corrected chi connectivity index (χ0v) is 11.5. The summed E-state index contributed by atoms with van der Waals surface area (Å²) in [6.45, 7) is -2.13. The van der Waals surface area contributed by atoms with Gasteiger partial charge in [0.2, 0.25) is 10.0 Å². The Morgan fingerprint density at radius 2 is 1.95 bits per heavy atom. The van der Waals surface area contributed by atoms with Crippen molar-refractivity contribution in [1.29, 1.82) is 0 Å². The van der Waals surface area contributed by atoms with Crippen molar-refractivity contribution in [3.05, 3.63) is 24.3 Å². The van der Waals surface area contributed by atoms with Gasteiger partial charge in [0.15, 0.2) is 0 Å². The summed E-state index contributed by atoms with van der Waals surface area (Å²) in [5.41, 5.74) is 0.0915. The summed E-state index contributed by atoms with van der Waals surface area (Å²) in [5.74, 6) is -3.30. The van der Waals surface area contributed by atoms with E-state index in [0.717, 1.165) is 12.8 Å². The average Bonchev–Trinajstić information content (AvgIpc) is 3.20. The van der Waals surface area contributed by atoms with Crippen molar-refractivity contribution in [2.24, 2.45) is 0 Å². The predicted octanol–water partition coefficient (Wildman–Crippen LogP) is 1.17. The van der Waals surface area contributed by atoms with Gasteiger partial charge in [0.1, 0.15) is 11.5 Å². The van der Waals surface area contributed by atoms with Crippen molar-refractivity contribution in [3.8, 4) is 0 Å². The van der Waals surface area contributed by atoms with Crippen LogP contribution in [0.4, 0.5) is 14.5 Å². The van der Waals surface area contributed by atoms with Crippen LogP contribution in [0.25, 0.3) is 0 Å². The lowest BCUT2D eigenvalue weighted by atomic mass is 10.3. The van der Waals surface area contributed by atoms with E-state index in [1.807, 2.05) is 0 Å². The van der Waals surface area contributed by atoms with Crippen LogP contribution in [-0.4, -0.2) is 38.6 Å². The Labute approximate surface area is 116 Å². The molecule has 1 aliphatic carbocycles. The first-order valence-electron chi connectivity index (χ1n) is 6.18. The topological polar surface area (TPSA) is 78.4 Å². The lowest BCUT2D eigenvalue weighted by molar-refractivity contribution is -0.0373. The Morgan fingerprint density at radius 3 is 2.55 bits per heavy atom. The van der Waals surface area contributed by atoms with Gasteiger partial charge in [-0.1, -0.05) is 12.1 Å². The summed E-state index contributed by atoms with van der Waals surface area (Å²) >= 11 is 0. The van der Waals surface area contributed by atoms with Gasteiger partial charge in [0.05, 0.1) is 12.2 Å². The lowest BCUT2D eigenvalue weighted by Gasteiger charge is -2.17. The number of halogens is 2. The van der Waals surface area contributed by atoms with E-state index in [2.05, 4.69) is 10.0 Å². The molecule has 3 N–H and O–H groups in total. The Hall–Kier alpha value is -1.25. The normalized spacial score (nSPS) is 16.1. The van der Waals surface area contributed by atoms with Crippen molar-refractivity contribution in [2.45, 2.75) is 29.7 Å². The molecule has 0 saturated heterocycles. The van der Waals surface area contributed by atoms with Gasteiger partial charge in [-0.3, -0.25) is 0 Å². The molecule has 0 bridgehead atoms. The maximum atomic E-state index is 13.0. The molecule has 2 rings (SSSR count). The second-order valence-electron chi connectivity index (χ2n) is 4.76. The monoisotopic (exact) mass is 306 g/mol. The first-order chi connectivity index (χ1) is 9.34. The van der Waals surface area contributed by atoms with Crippen LogP contribution in [0, 0.1) is 0 Å². The summed E-state index contributed by atoms with van der Waals surface area (Å²) in [7, 11) is -3.72. The largest absolute Gasteiger partial charge is 0.390 e. The fourth-order valence-electron chi connectivity index (χ4n) is 1.61. The van der Waals surface area contributed by atoms with Crippen LogP contribution in [-0.2, 0) is 10.0 Å². The van der Waals surface area contributed by atoms with Crippen molar-refractivity contribution in [1.82, 2.24) is 4.72 Å². The summed E-state index contributed by atoms with van der Waals surface area (Å²) in [6, 6.07) is 5.78. The molecule has 112 valence electrons. The zero-order valence-electron chi connectivity index (χ0n) is 10.6. The van der Waals surface area contributed by atoms with E-state index < -0.39 is 29.1 Å². The lowest BCUT2D eigenvalue weighted by Crippen LogP contribution is -2.32. The van der Waals surface area contributed by atoms with E-state index in [1.165, 1.54) is 18.2 Å². The standard InChI is InChI=1S/C12H16F2N2O3S/c13-12(14,8-17)7-15-10-3-1-2-4-11(10)20(18,19)16-9-5-6-9/h1-4,9,15-17H,5-8H2. The number of alkyl halides is 2. The third-order valence-corrected chi connectivity index (χ3v) is 4.42. The minimum Gasteiger partial charge on any atom is -0.390 e. The number of hydrogen-bond acceptors (Lipinski definition) is 4. The summed E-state index contributed by atoms with van der Waals surface area (Å²) < 4.78 is 52.7. The molecule has 1 saturated carbocycles. The molecule has 20 heavy (non-hydrogen) atoms. The molecule has 1 aliphatic rings. The molecule has 0 spiro atoms. The highest BCUT2D eigenvalue weighted by Crippen LogP contribution is 2.26. The molecule has 0 aliphatic heterocycles. The molecule has 8 heteroatoms. The van der Waals surface area contributed by atoms with Crippen molar-refractivity contribution < 1.29 is 22.3 Å². The van der Waals surface area contributed by atoms with Gasteiger partial charge in [-0.15, -0.1) is 0 Å². The summed E-state index contributed by atoms with van der Waals surface area (Å²) in [5, 5.41) is 10.9. The van der Waals surface area contributed by atoms with Crippen molar-refractivity contribution >= 4 is 15.7 Å². The molecule has 0 unspecified atom stereocenters. The molecule has 5 nitrogen and oxygen atoms in total. The fraction of sp³-hybridized carbons (Fsp3) is 0.500. The molecule has 1 fully saturated rings. The highest BCUT2D eigenvalue weighted by atomic mass is 32.2. The number of para-hydroxylation sites is 1. The zero-order chi connectivity index (χ0) is 14.8. The minimum absolute atomic E-state index is 0.0630. The third-order valence-electron chi connectivity index (χ3n) is 2.84. The first kappa shape index (κ1) is 15.1. The fourth-order valence-corrected chi connectivity index (χ4v) is 3.10. The molecule has 0 atom stereocenters. The van der Waals surface area contributed by atoms with Gasteiger partial charge < -0.3 is 10.4 Å². The van der Waals surface area contributed by atoms with Gasteiger partial charge >= 0.3 is 0 Å². The number of sulfonamides is 1. The average molecular weight is 306 g/mol. The van der Waals surface area contributed by atoms with E-state index in [1.54, 1.807) is 6.07 Å². The summed E-state index contributed by atoms with van der Waals surface area (Å²) in [6.07, 6.45) is 1.58. The van der Waals surface area contributed by atoms with Crippen LogP contribution >= 0.6 is 0 Å². The van der Waals surface area contributed by atoms with Gasteiger partial charge in [-0.05, 0) is 25.0 Å². The molecule has 0 radical (unpaired) electrons. The molecule has 0 amide bonds. The van der Waals surface area contributed by atoms with Crippen molar-refractivity contribution in [3.63, 3.8) is 0 Å². The van der Waals surface area contributed by atoms with Crippen LogP contribution in [0.5, 0.6) is 0 Å². The maximum absolute atomic E-state index is 13.0. The quantitative estimate of drug-likeness (QED) is 0.706. The second kappa shape index (κ2) is 5.63. The Bertz CT molecular complexity index is 574. The molecule has 0 aromatic heterocycles. The SMILES string of the molecule is O=S(=O)(NC1CC1)c1ccccc1NCC(F)(F)CO. The number of aliphatic hydroxyl groups is 1. The second-order valence-corrected chi connectivity index (χ2v) is 6.44. The van der Waals surface area contributed by atoms with E-state index in [4.69, 9.17) is 5.11 Å². The molecule has 1 aromatic rings. The number of anilines is 1. The third kappa shape index (κ3) is 3.87. The molecular formula is C12H16F2N2O3S. The first-order valence-corrected chi connectivity index (χ1v) is 7.66. The van der Waals surface area contributed by atoms with E-state index in [-0.39, 0.29) is 16.6 Å². The number of hydrogen-bond donors (Lipinski definition) is 3. The van der Waals surface area contributed by atoms with Gasteiger partial charge in [0.25, 0.3) is 5.92 Å². The molecule has 1 aromatic carbocycles. The van der Waals surface area contributed by atoms with Crippen LogP contribution in [0.15, 0.2) is 29.2 Å². The van der Waals surface area contributed by atoms with Gasteiger partial charge in [-0.25, -0.2) is 21.9 Å². The summed E-state index contributed by atoms with van der Waals surface area (Å²) in [4.78, 5) is -0.0689. The van der Waals surface area contributed by atoms with E-state index >= 15 is 0 Å². The van der Waals surface area contributed by atoms with Crippen LogP contribution in [0.1, 0.15) is 12.8 Å². The number of benzene rings is 1. The van der Waals surface area contributed by atoms with Crippen LogP contribution < -0.4 is 10.0 Å². The maximum Gasteiger partial charge on any atom is 0.287 e. The minimum atomic E-state index is -3.72. The van der Waals surface area contributed by atoms with Crippen molar-refractivity contribution in [2.75, 3.05) is 18.5 Å². The van der Waals surface area contributed by atoms with Crippen LogP contribution in [0.2, 0.25) is 0 Å². The highest BCUT2D eigenvalue weighted by molar-refractivity contribution is 7.89. The van der Waals surface area contributed by atoms with E-state index in [9.17, 15) is 17.2 Å². The van der Waals surface area contributed by atoms with E-state index in [0.29, 0.717) is 0 Å². The number of aliphatic hydroxyl groups excluding tert-OH is 1. The Kier molecular flexibility index (Phi) is 4.26. The number of rotatable bonds is 7. The van der Waals surface area contributed by atoms with Gasteiger partial charge in [-0.2, -0.15) is 0 Å². The predicted molar refractivity (Wildman–Crippen MR) is 70.3 cm³/mol. The Balaban J connectivity index is 2.17. The van der Waals surface area contributed by atoms with Gasteiger partial charge in [0, 0.05) is 6.04 Å². The Morgan fingerprint density at radius 1 is 1.30 bits per heavy atom. The van der Waals surface area contributed by atoms with Crippen LogP contribution in [0.3, 0.4) is 0 Å². The molecular weight excluding hydrogens is 290 g/mol. The number of nitrogens with one attached hydrogen (secondary N) is 2. The smallest absolute Gasteiger partial charge is 0.287 e. The molecule has 0 heterocycles.